The van der Waals surface area contributed by atoms with Gasteiger partial charge in [0.15, 0.2) is 0 Å². The molecule has 0 aromatic carbocycles. The van der Waals surface area contributed by atoms with Crippen molar-refractivity contribution in [3.63, 3.8) is 0 Å². The Morgan fingerprint density at radius 1 is 1.00 bits per heavy atom. The summed E-state index contributed by atoms with van der Waals surface area (Å²) in [6.07, 6.45) is 20.9. The van der Waals surface area contributed by atoms with Crippen LogP contribution in [0.2, 0.25) is 0 Å². The van der Waals surface area contributed by atoms with E-state index in [0.29, 0.717) is 0 Å². The average molecular weight is 308 g/mol. The van der Waals surface area contributed by atoms with Crippen molar-refractivity contribution in [3.8, 4) is 0 Å². The van der Waals surface area contributed by atoms with Crippen molar-refractivity contribution in [2.45, 2.75) is 77.2 Å². The molecule has 0 aromatic heterocycles. The van der Waals surface area contributed by atoms with E-state index in [0.717, 1.165) is 51.4 Å². The highest BCUT2D eigenvalue weighted by molar-refractivity contribution is 5.66. The van der Waals surface area contributed by atoms with Gasteiger partial charge in [0.1, 0.15) is 0 Å². The van der Waals surface area contributed by atoms with Gasteiger partial charge in [-0.3, -0.25) is 4.79 Å². The van der Waals surface area contributed by atoms with Gasteiger partial charge in [-0.1, -0.05) is 75.5 Å². The maximum Gasteiger partial charge on any atom is 0.303 e. The molecule has 2 N–H and O–H groups in total. The number of rotatable bonds is 14. The molecule has 22 heavy (non-hydrogen) atoms. The van der Waals surface area contributed by atoms with Gasteiger partial charge in [-0.2, -0.15) is 0 Å². The molecule has 0 aliphatic carbocycles. The second-order valence-electron chi connectivity index (χ2n) is 5.58. The molecule has 0 bridgehead atoms. The lowest BCUT2D eigenvalue weighted by molar-refractivity contribution is -0.137. The van der Waals surface area contributed by atoms with Gasteiger partial charge in [0.2, 0.25) is 0 Å². The van der Waals surface area contributed by atoms with Crippen LogP contribution >= 0.6 is 0 Å². The summed E-state index contributed by atoms with van der Waals surface area (Å²) in [7, 11) is 0. The van der Waals surface area contributed by atoms with Gasteiger partial charge in [0.25, 0.3) is 0 Å². The normalized spacial score (nSPS) is 13.5. The predicted molar refractivity (Wildman–Crippen MR) is 92.9 cm³/mol. The van der Waals surface area contributed by atoms with Crippen LogP contribution in [-0.2, 0) is 4.79 Å². The Bertz CT molecular complexity index is 343. The zero-order valence-corrected chi connectivity index (χ0v) is 13.9. The van der Waals surface area contributed by atoms with E-state index in [4.69, 9.17) is 5.11 Å². The molecule has 1 atom stereocenters. The molecule has 0 fully saturated rings. The van der Waals surface area contributed by atoms with E-state index in [1.54, 1.807) is 0 Å². The maximum atomic E-state index is 10.3. The Hall–Kier alpha value is -1.35. The lowest BCUT2D eigenvalue weighted by atomic mass is 10.1. The standard InChI is InChI=1S/C19H32O3/c1-2-3-4-5-6-7-9-12-15-18(20)16-13-10-8-11-14-17-19(21)22/h4-5,7,9,12,15,18,20H,2-3,6,8,10-11,13-14,16-17H2,1H3,(H,21,22). The van der Waals surface area contributed by atoms with E-state index in [-0.39, 0.29) is 12.5 Å². The van der Waals surface area contributed by atoms with E-state index < -0.39 is 5.97 Å². The molecule has 0 radical (unpaired) electrons. The molecule has 0 aromatic rings. The number of hydrogen-bond acceptors (Lipinski definition) is 2. The first-order valence-corrected chi connectivity index (χ1v) is 8.55. The smallest absolute Gasteiger partial charge is 0.303 e. The largest absolute Gasteiger partial charge is 0.481 e. The number of carbonyl (C=O) groups is 1. The van der Waals surface area contributed by atoms with Crippen molar-refractivity contribution in [1.29, 1.82) is 0 Å². The van der Waals surface area contributed by atoms with Crippen LogP contribution in [0, 0.1) is 0 Å². The number of carboxylic acids is 1. The maximum absolute atomic E-state index is 10.3. The van der Waals surface area contributed by atoms with Crippen molar-refractivity contribution >= 4 is 5.97 Å². The monoisotopic (exact) mass is 308 g/mol. The molecule has 0 aliphatic rings. The summed E-state index contributed by atoms with van der Waals surface area (Å²) in [6, 6.07) is 0. The summed E-state index contributed by atoms with van der Waals surface area (Å²) >= 11 is 0. The molecular formula is C19H32O3. The van der Waals surface area contributed by atoms with E-state index in [9.17, 15) is 9.90 Å². The molecule has 0 rings (SSSR count). The van der Waals surface area contributed by atoms with E-state index in [1.807, 2.05) is 18.2 Å². The SMILES string of the molecule is CCCC=CCC=CC=CC(O)CCCCCCCC(=O)O. The second-order valence-corrected chi connectivity index (χ2v) is 5.58. The van der Waals surface area contributed by atoms with Crippen LogP contribution in [0.4, 0.5) is 0 Å². The number of aliphatic carboxylic acids is 1. The van der Waals surface area contributed by atoms with E-state index in [2.05, 4.69) is 25.2 Å². The highest BCUT2D eigenvalue weighted by atomic mass is 16.4. The Kier molecular flexibility index (Phi) is 15.0. The summed E-state index contributed by atoms with van der Waals surface area (Å²) < 4.78 is 0. The first-order chi connectivity index (χ1) is 10.7. The Morgan fingerprint density at radius 2 is 1.73 bits per heavy atom. The molecule has 0 spiro atoms. The highest BCUT2D eigenvalue weighted by Gasteiger charge is 1.99. The zero-order valence-electron chi connectivity index (χ0n) is 13.9. The molecule has 3 nitrogen and oxygen atoms in total. The Morgan fingerprint density at radius 3 is 2.45 bits per heavy atom. The van der Waals surface area contributed by atoms with Gasteiger partial charge in [0, 0.05) is 6.42 Å². The molecular weight excluding hydrogens is 276 g/mol. The molecule has 1 unspecified atom stereocenters. The topological polar surface area (TPSA) is 57.5 Å². The van der Waals surface area contributed by atoms with Crippen LogP contribution in [-0.4, -0.2) is 22.3 Å². The Balaban J connectivity index is 3.48. The van der Waals surface area contributed by atoms with Gasteiger partial charge in [-0.25, -0.2) is 0 Å². The molecule has 0 heterocycles. The van der Waals surface area contributed by atoms with Crippen LogP contribution in [0.1, 0.15) is 71.1 Å². The summed E-state index contributed by atoms with van der Waals surface area (Å²) in [5.74, 6) is -0.713. The van der Waals surface area contributed by atoms with Gasteiger partial charge < -0.3 is 10.2 Å². The van der Waals surface area contributed by atoms with E-state index >= 15 is 0 Å². The van der Waals surface area contributed by atoms with Crippen molar-refractivity contribution in [2.24, 2.45) is 0 Å². The third kappa shape index (κ3) is 16.7. The van der Waals surface area contributed by atoms with Gasteiger partial charge in [-0.05, 0) is 25.7 Å². The predicted octanol–water partition coefficient (Wildman–Crippen LogP) is 5.02. The minimum atomic E-state index is -0.713. The molecule has 3 heteroatoms. The quantitative estimate of drug-likeness (QED) is 0.269. The molecule has 0 saturated carbocycles. The minimum absolute atomic E-state index is 0.269. The lowest BCUT2D eigenvalue weighted by Crippen LogP contribution is -2.01. The summed E-state index contributed by atoms with van der Waals surface area (Å²) in [6.45, 7) is 2.17. The van der Waals surface area contributed by atoms with Crippen molar-refractivity contribution in [1.82, 2.24) is 0 Å². The number of aliphatic hydroxyl groups is 1. The second kappa shape index (κ2) is 16.0. The first kappa shape index (κ1) is 20.6. The third-order valence-electron chi connectivity index (χ3n) is 3.37. The average Bonchev–Trinajstić information content (AvgIpc) is 2.48. The summed E-state index contributed by atoms with van der Waals surface area (Å²) in [5, 5.41) is 18.3. The number of unbranched alkanes of at least 4 members (excludes halogenated alkanes) is 5. The molecule has 0 aliphatic heterocycles. The van der Waals surface area contributed by atoms with Crippen LogP contribution in [0.3, 0.4) is 0 Å². The van der Waals surface area contributed by atoms with Crippen molar-refractivity contribution in [3.05, 3.63) is 36.5 Å². The van der Waals surface area contributed by atoms with Gasteiger partial charge in [0.05, 0.1) is 6.10 Å². The molecule has 0 amide bonds. The van der Waals surface area contributed by atoms with Crippen molar-refractivity contribution < 1.29 is 15.0 Å². The minimum Gasteiger partial charge on any atom is -0.481 e. The first-order valence-electron chi connectivity index (χ1n) is 8.55. The van der Waals surface area contributed by atoms with Crippen LogP contribution < -0.4 is 0 Å². The van der Waals surface area contributed by atoms with Gasteiger partial charge in [-0.15, -0.1) is 0 Å². The fourth-order valence-corrected chi connectivity index (χ4v) is 2.07. The summed E-state index contributed by atoms with van der Waals surface area (Å²) in [5.41, 5.74) is 0. The number of hydrogen-bond donors (Lipinski definition) is 2. The number of aliphatic hydroxyl groups excluding tert-OH is 1. The van der Waals surface area contributed by atoms with Crippen LogP contribution in [0.15, 0.2) is 36.5 Å². The van der Waals surface area contributed by atoms with Gasteiger partial charge >= 0.3 is 5.97 Å². The third-order valence-corrected chi connectivity index (χ3v) is 3.37. The highest BCUT2D eigenvalue weighted by Crippen LogP contribution is 2.09. The zero-order chi connectivity index (χ0) is 16.5. The number of allylic oxidation sites excluding steroid dienone is 5. The van der Waals surface area contributed by atoms with E-state index in [1.165, 1.54) is 6.42 Å². The fraction of sp³-hybridized carbons (Fsp3) is 0.632. The fourth-order valence-electron chi connectivity index (χ4n) is 2.07. The van der Waals surface area contributed by atoms with Crippen molar-refractivity contribution in [2.75, 3.05) is 0 Å². The Labute approximate surface area is 135 Å². The van der Waals surface area contributed by atoms with Crippen LogP contribution in [0.5, 0.6) is 0 Å². The number of carboxylic acid groups (broad SMARTS) is 1. The molecule has 126 valence electrons. The lowest BCUT2D eigenvalue weighted by Gasteiger charge is -2.04. The summed E-state index contributed by atoms with van der Waals surface area (Å²) in [4.78, 5) is 10.3. The van der Waals surface area contributed by atoms with Crippen LogP contribution in [0.25, 0.3) is 0 Å². The molecule has 0 saturated heterocycles.